The van der Waals surface area contributed by atoms with E-state index in [1.807, 2.05) is 72.3 Å². The van der Waals surface area contributed by atoms with E-state index >= 15 is 0 Å². The van der Waals surface area contributed by atoms with E-state index < -0.39 is 0 Å². The van der Waals surface area contributed by atoms with Gasteiger partial charge < -0.3 is 24.7 Å². The van der Waals surface area contributed by atoms with Gasteiger partial charge in [0.2, 0.25) is 13.3 Å². The van der Waals surface area contributed by atoms with E-state index in [9.17, 15) is 5.11 Å². The third-order valence-corrected chi connectivity index (χ3v) is 4.69. The molecule has 4 radical (unpaired) electrons. The predicted octanol–water partition coefficient (Wildman–Crippen LogP) is 2.75. The quantitative estimate of drug-likeness (QED) is 0.921. The summed E-state index contributed by atoms with van der Waals surface area (Å²) in [6.07, 6.45) is 7.92. The van der Waals surface area contributed by atoms with Gasteiger partial charge in [-0.2, -0.15) is 0 Å². The molecule has 24 heavy (non-hydrogen) atoms. The number of phenols is 1. The molecule has 0 unspecified atom stereocenters. The van der Waals surface area contributed by atoms with Crippen molar-refractivity contribution in [2.75, 3.05) is 14.1 Å². The third kappa shape index (κ3) is 3.03. The fraction of sp³-hybridized carbons (Fsp3) is 0.368. The number of rotatable bonds is 4. The topological polar surface area (TPSA) is 33.2 Å². The van der Waals surface area contributed by atoms with Gasteiger partial charge in [-0.05, 0) is 48.6 Å². The molecule has 1 aromatic rings. The minimum atomic E-state index is 0.388. The van der Waals surface area contributed by atoms with Crippen LogP contribution in [-0.4, -0.2) is 38.8 Å². The Kier molecular flexibility index (Phi) is 4.35. The summed E-state index contributed by atoms with van der Waals surface area (Å²) in [7, 11) is 3.91. The minimum Gasteiger partial charge on any atom is -0.507 e. The summed E-state index contributed by atoms with van der Waals surface area (Å²) < 4.78 is 0. The van der Waals surface area contributed by atoms with Gasteiger partial charge in [-0.1, -0.05) is 0 Å². The average molecular weight is 324 g/mol. The van der Waals surface area contributed by atoms with Crippen LogP contribution >= 0.6 is 0 Å². The van der Waals surface area contributed by atoms with Crippen molar-refractivity contribution < 1.29 is 5.11 Å². The number of nitrogens with zero attached hydrogens (tertiary/aromatic N) is 4. The maximum absolute atomic E-state index is 10.6. The zero-order valence-corrected chi connectivity index (χ0v) is 15.0. The van der Waals surface area contributed by atoms with Crippen LogP contribution in [0, 0.1) is 34.1 Å². The van der Waals surface area contributed by atoms with Crippen LogP contribution in [0.25, 0.3) is 0 Å². The van der Waals surface area contributed by atoms with Crippen LogP contribution in [0.5, 0.6) is 5.75 Å². The van der Waals surface area contributed by atoms with Gasteiger partial charge >= 0.3 is 0 Å². The highest BCUT2D eigenvalue weighted by Gasteiger charge is 2.22. The van der Waals surface area contributed by atoms with Crippen LogP contribution in [0.3, 0.4) is 0 Å². The van der Waals surface area contributed by atoms with Gasteiger partial charge in [0, 0.05) is 52.0 Å². The maximum atomic E-state index is 10.6. The van der Waals surface area contributed by atoms with Gasteiger partial charge in [0.1, 0.15) is 5.75 Å². The van der Waals surface area contributed by atoms with Gasteiger partial charge in [0.05, 0.1) is 0 Å². The third-order valence-electron chi connectivity index (χ3n) is 4.69. The van der Waals surface area contributed by atoms with Gasteiger partial charge in [-0.25, -0.2) is 0 Å². The lowest BCUT2D eigenvalue weighted by atomic mass is 9.91. The molecule has 2 aliphatic heterocycles. The Hall–Kier alpha value is -2.30. The van der Waals surface area contributed by atoms with Crippen LogP contribution in [0.4, 0.5) is 0 Å². The molecule has 126 valence electrons. The highest BCUT2D eigenvalue weighted by molar-refractivity contribution is 5.54. The van der Waals surface area contributed by atoms with E-state index in [0.29, 0.717) is 18.8 Å². The Morgan fingerprint density at radius 1 is 0.750 bits per heavy atom. The molecular formula is C19H24N4O. The molecule has 0 saturated carbocycles. The summed E-state index contributed by atoms with van der Waals surface area (Å²) in [5.41, 5.74) is 5.41. The second-order valence-corrected chi connectivity index (χ2v) is 6.45. The molecule has 0 fully saturated rings. The van der Waals surface area contributed by atoms with Crippen molar-refractivity contribution in [3.8, 4) is 5.75 Å². The van der Waals surface area contributed by atoms with Crippen molar-refractivity contribution in [1.29, 1.82) is 0 Å². The van der Waals surface area contributed by atoms with E-state index in [1.165, 1.54) is 5.56 Å². The lowest BCUT2D eigenvalue weighted by molar-refractivity contribution is 0.365. The van der Waals surface area contributed by atoms with Crippen molar-refractivity contribution in [3.05, 3.63) is 66.0 Å². The molecule has 5 nitrogen and oxygen atoms in total. The van der Waals surface area contributed by atoms with Crippen LogP contribution < -0.4 is 0 Å². The fourth-order valence-electron chi connectivity index (χ4n) is 3.20. The van der Waals surface area contributed by atoms with Crippen molar-refractivity contribution in [1.82, 2.24) is 19.6 Å². The average Bonchev–Trinajstić information content (AvgIpc) is 3.14. The minimum absolute atomic E-state index is 0.388. The highest BCUT2D eigenvalue weighted by atomic mass is 16.3. The van der Waals surface area contributed by atoms with Gasteiger partial charge in [0.25, 0.3) is 0 Å². The van der Waals surface area contributed by atoms with Gasteiger partial charge in [-0.15, -0.1) is 0 Å². The zero-order valence-electron chi connectivity index (χ0n) is 15.0. The Morgan fingerprint density at radius 3 is 1.50 bits per heavy atom. The maximum Gasteiger partial charge on any atom is 0.207 e. The lowest BCUT2D eigenvalue weighted by Gasteiger charge is -2.25. The molecule has 0 saturated heterocycles. The first-order valence-corrected chi connectivity index (χ1v) is 8.05. The second kappa shape index (κ2) is 6.30. The Balaban J connectivity index is 1.91. The molecule has 0 aromatic heterocycles. The molecule has 0 bridgehead atoms. The summed E-state index contributed by atoms with van der Waals surface area (Å²) >= 11 is 0. The van der Waals surface area contributed by atoms with Crippen LogP contribution in [0.1, 0.15) is 27.8 Å². The SMILES string of the molecule is Cc1c(O)c(C)c(CN2[C]N(C)C=C2)c(C)c1CN1[C]N(C)C=C1. The van der Waals surface area contributed by atoms with Crippen LogP contribution in [0.15, 0.2) is 24.8 Å². The fourth-order valence-corrected chi connectivity index (χ4v) is 3.20. The van der Waals surface area contributed by atoms with E-state index in [1.54, 1.807) is 0 Å². The molecule has 2 aliphatic rings. The molecule has 0 spiro atoms. The van der Waals surface area contributed by atoms with Crippen molar-refractivity contribution in [2.45, 2.75) is 33.9 Å². The standard InChI is InChI=1S/C19H24N4O/c1-14-17(10-22-8-6-20(4)12-22)15(2)19(24)16(3)18(14)11-23-9-7-21(5)13-23/h6-9,24H,10-11H2,1-5H3. The van der Waals surface area contributed by atoms with Crippen molar-refractivity contribution >= 4 is 0 Å². The lowest BCUT2D eigenvalue weighted by Crippen LogP contribution is -2.20. The summed E-state index contributed by atoms with van der Waals surface area (Å²) in [6, 6.07) is 0. The molecule has 5 heteroatoms. The molecular weight excluding hydrogens is 300 g/mol. The normalized spacial score (nSPS) is 16.9. The number of phenolic OH excluding ortho intramolecular Hbond substituents is 1. The monoisotopic (exact) mass is 324 g/mol. The summed E-state index contributed by atoms with van der Waals surface area (Å²) in [4.78, 5) is 7.81. The van der Waals surface area contributed by atoms with E-state index in [-0.39, 0.29) is 0 Å². The Morgan fingerprint density at radius 2 is 1.17 bits per heavy atom. The highest BCUT2D eigenvalue weighted by Crippen LogP contribution is 2.34. The second-order valence-electron chi connectivity index (χ2n) is 6.45. The smallest absolute Gasteiger partial charge is 0.207 e. The summed E-state index contributed by atoms with van der Waals surface area (Å²) in [6.45, 7) is 13.9. The summed E-state index contributed by atoms with van der Waals surface area (Å²) in [5.74, 6) is 0.388. The Bertz CT molecular complexity index is 640. The first-order valence-electron chi connectivity index (χ1n) is 8.05. The molecule has 0 amide bonds. The number of aromatic hydroxyl groups is 1. The largest absolute Gasteiger partial charge is 0.507 e. The van der Waals surface area contributed by atoms with E-state index in [4.69, 9.17) is 0 Å². The molecule has 0 atom stereocenters. The van der Waals surface area contributed by atoms with Crippen LogP contribution in [0.2, 0.25) is 0 Å². The molecule has 0 aliphatic carbocycles. The summed E-state index contributed by atoms with van der Waals surface area (Å²) in [5, 5.41) is 10.6. The molecule has 3 rings (SSSR count). The van der Waals surface area contributed by atoms with Crippen LogP contribution in [-0.2, 0) is 13.1 Å². The molecule has 1 aromatic carbocycles. The zero-order chi connectivity index (χ0) is 17.4. The van der Waals surface area contributed by atoms with Gasteiger partial charge in [0.15, 0.2) is 0 Å². The number of benzene rings is 1. The molecule has 2 heterocycles. The van der Waals surface area contributed by atoms with E-state index in [0.717, 1.165) is 22.3 Å². The van der Waals surface area contributed by atoms with Gasteiger partial charge in [-0.3, -0.25) is 0 Å². The van der Waals surface area contributed by atoms with E-state index in [2.05, 4.69) is 20.3 Å². The first-order chi connectivity index (χ1) is 11.4. The number of hydrogen-bond acceptors (Lipinski definition) is 5. The first kappa shape index (κ1) is 16.6. The molecule has 1 N–H and O–H groups in total. The Labute approximate surface area is 145 Å². The van der Waals surface area contributed by atoms with Crippen molar-refractivity contribution in [3.63, 3.8) is 0 Å². The van der Waals surface area contributed by atoms with Crippen molar-refractivity contribution in [2.24, 2.45) is 0 Å². The number of hydrogen-bond donors (Lipinski definition) is 1. The predicted molar refractivity (Wildman–Crippen MR) is 93.7 cm³/mol.